The lowest BCUT2D eigenvalue weighted by Crippen LogP contribution is -2.12. The van der Waals surface area contributed by atoms with Crippen LogP contribution in [0.25, 0.3) is 17.0 Å². The third-order valence-corrected chi connectivity index (χ3v) is 3.67. The van der Waals surface area contributed by atoms with Gasteiger partial charge < -0.3 is 4.52 Å². The molecule has 1 N–H and O–H groups in total. The Hall–Kier alpha value is -3.48. The van der Waals surface area contributed by atoms with Gasteiger partial charge in [-0.25, -0.2) is 9.97 Å². The molecule has 0 saturated heterocycles. The molecule has 0 bridgehead atoms. The van der Waals surface area contributed by atoms with Gasteiger partial charge in [0.2, 0.25) is 11.7 Å². The highest BCUT2D eigenvalue weighted by atomic mass is 16.5. The van der Waals surface area contributed by atoms with Crippen LogP contribution in [0.5, 0.6) is 0 Å². The minimum atomic E-state index is -0.376. The van der Waals surface area contributed by atoms with Gasteiger partial charge >= 0.3 is 0 Å². The van der Waals surface area contributed by atoms with E-state index >= 15 is 0 Å². The maximum absolute atomic E-state index is 12.4. The third kappa shape index (κ3) is 2.41. The predicted octanol–water partition coefficient (Wildman–Crippen LogP) is 2.95. The first-order valence-electron chi connectivity index (χ1n) is 7.35. The summed E-state index contributed by atoms with van der Waals surface area (Å²) in [5, 5.41) is 6.75. The maximum Gasteiger partial charge on any atom is 0.278 e. The van der Waals surface area contributed by atoms with E-state index in [0.29, 0.717) is 17.4 Å². The maximum atomic E-state index is 12.4. The van der Waals surface area contributed by atoms with Gasteiger partial charge in [0.25, 0.3) is 5.91 Å². The van der Waals surface area contributed by atoms with Gasteiger partial charge in [0, 0.05) is 29.7 Å². The van der Waals surface area contributed by atoms with Gasteiger partial charge in [0.1, 0.15) is 11.4 Å². The number of hydrogen-bond donors (Lipinski definition) is 1. The van der Waals surface area contributed by atoms with Crippen molar-refractivity contribution in [3.05, 3.63) is 66.2 Å². The van der Waals surface area contributed by atoms with Crippen LogP contribution in [0.4, 0.5) is 5.88 Å². The lowest BCUT2D eigenvalue weighted by Gasteiger charge is -1.99. The average molecular weight is 319 g/mol. The van der Waals surface area contributed by atoms with Gasteiger partial charge in [-0.1, -0.05) is 35.5 Å². The average Bonchev–Trinajstić information content (AvgIpc) is 3.20. The second kappa shape index (κ2) is 5.62. The van der Waals surface area contributed by atoms with Crippen LogP contribution in [0.3, 0.4) is 0 Å². The first kappa shape index (κ1) is 14.1. The normalized spacial score (nSPS) is 10.9. The zero-order chi connectivity index (χ0) is 16.5. The number of aromatic nitrogens is 4. The fourth-order valence-corrected chi connectivity index (χ4v) is 2.42. The summed E-state index contributed by atoms with van der Waals surface area (Å²) in [4.78, 5) is 20.6. The van der Waals surface area contributed by atoms with Crippen LogP contribution in [-0.2, 0) is 0 Å². The smallest absolute Gasteiger partial charge is 0.278 e. The van der Waals surface area contributed by atoms with Gasteiger partial charge in [-0.15, -0.1) is 0 Å². The van der Waals surface area contributed by atoms with Gasteiger partial charge in [0.15, 0.2) is 0 Å². The molecule has 0 unspecified atom stereocenters. The Labute approximate surface area is 137 Å². The van der Waals surface area contributed by atoms with Gasteiger partial charge in [-0.2, -0.15) is 0 Å². The molecular weight excluding hydrogens is 306 g/mol. The first-order valence-corrected chi connectivity index (χ1v) is 7.35. The van der Waals surface area contributed by atoms with Crippen molar-refractivity contribution in [1.82, 2.24) is 19.5 Å². The van der Waals surface area contributed by atoms with Crippen molar-refractivity contribution >= 4 is 17.6 Å². The zero-order valence-corrected chi connectivity index (χ0v) is 12.8. The third-order valence-electron chi connectivity index (χ3n) is 3.67. The van der Waals surface area contributed by atoms with Crippen LogP contribution in [0.15, 0.2) is 59.5 Å². The van der Waals surface area contributed by atoms with Crippen molar-refractivity contribution in [3.8, 4) is 11.3 Å². The summed E-state index contributed by atoms with van der Waals surface area (Å²) in [6.07, 6.45) is 5.01. The summed E-state index contributed by atoms with van der Waals surface area (Å²) in [5.41, 5.74) is 2.64. The van der Waals surface area contributed by atoms with Crippen molar-refractivity contribution in [1.29, 1.82) is 0 Å². The van der Waals surface area contributed by atoms with E-state index in [-0.39, 0.29) is 11.6 Å². The lowest BCUT2D eigenvalue weighted by atomic mass is 10.1. The van der Waals surface area contributed by atoms with Crippen LogP contribution in [0, 0.1) is 6.92 Å². The topological polar surface area (TPSA) is 85.3 Å². The standard InChI is InChI=1S/C17H13N5O2/c1-11-14(12-6-3-2-4-7-12)21-24-16(11)20-15(23)13-10-22-9-5-8-18-17(22)19-13/h2-10H,1H3,(H,20,23). The highest BCUT2D eigenvalue weighted by Gasteiger charge is 2.18. The van der Waals surface area contributed by atoms with Crippen molar-refractivity contribution in [2.45, 2.75) is 6.92 Å². The predicted molar refractivity (Wildman–Crippen MR) is 87.6 cm³/mol. The molecule has 0 atom stereocenters. The number of anilines is 1. The lowest BCUT2D eigenvalue weighted by molar-refractivity contribution is 0.101. The zero-order valence-electron chi connectivity index (χ0n) is 12.8. The minimum absolute atomic E-state index is 0.255. The van der Waals surface area contributed by atoms with Crippen LogP contribution in [0.2, 0.25) is 0 Å². The molecule has 4 aromatic rings. The van der Waals surface area contributed by atoms with E-state index in [0.717, 1.165) is 11.1 Å². The SMILES string of the molecule is Cc1c(-c2ccccc2)noc1NC(=O)c1cn2cccnc2n1. The van der Waals surface area contributed by atoms with Crippen molar-refractivity contribution < 1.29 is 9.32 Å². The van der Waals surface area contributed by atoms with Crippen LogP contribution in [-0.4, -0.2) is 25.4 Å². The summed E-state index contributed by atoms with van der Waals surface area (Å²) in [6.45, 7) is 1.85. The summed E-state index contributed by atoms with van der Waals surface area (Å²) in [7, 11) is 0. The Bertz CT molecular complexity index is 987. The number of carbonyl (C=O) groups excluding carboxylic acids is 1. The summed E-state index contributed by atoms with van der Waals surface area (Å²) in [5.74, 6) is 0.394. The molecular formula is C17H13N5O2. The van der Waals surface area contributed by atoms with Gasteiger partial charge in [-0.3, -0.25) is 14.5 Å². The summed E-state index contributed by atoms with van der Waals surface area (Å²) >= 11 is 0. The molecule has 118 valence electrons. The molecule has 24 heavy (non-hydrogen) atoms. The van der Waals surface area contributed by atoms with E-state index in [1.807, 2.05) is 37.3 Å². The molecule has 4 rings (SSSR count). The number of imidazole rings is 1. The Morgan fingerprint density at radius 1 is 1.21 bits per heavy atom. The number of nitrogens with zero attached hydrogens (tertiary/aromatic N) is 4. The number of nitrogens with one attached hydrogen (secondary N) is 1. The molecule has 0 aliphatic carbocycles. The second-order valence-corrected chi connectivity index (χ2v) is 5.26. The molecule has 3 heterocycles. The molecule has 7 heteroatoms. The Morgan fingerprint density at radius 3 is 2.83 bits per heavy atom. The van der Waals surface area contributed by atoms with E-state index in [1.165, 1.54) is 0 Å². The fraction of sp³-hybridized carbons (Fsp3) is 0.0588. The van der Waals surface area contributed by atoms with Crippen molar-refractivity contribution in [2.75, 3.05) is 5.32 Å². The Morgan fingerprint density at radius 2 is 2.04 bits per heavy atom. The van der Waals surface area contributed by atoms with Gasteiger partial charge in [-0.05, 0) is 13.0 Å². The van der Waals surface area contributed by atoms with Crippen molar-refractivity contribution in [2.24, 2.45) is 0 Å². The summed E-state index contributed by atoms with van der Waals surface area (Å²) in [6, 6.07) is 11.4. The quantitative estimate of drug-likeness (QED) is 0.627. The number of carbonyl (C=O) groups is 1. The molecule has 0 fully saturated rings. The number of fused-ring (bicyclic) bond motifs is 1. The van der Waals surface area contributed by atoms with Crippen LogP contribution >= 0.6 is 0 Å². The molecule has 3 aromatic heterocycles. The van der Waals surface area contributed by atoms with E-state index in [4.69, 9.17) is 4.52 Å². The molecule has 0 aliphatic heterocycles. The first-order chi connectivity index (χ1) is 11.7. The number of benzene rings is 1. The van der Waals surface area contributed by atoms with Gasteiger partial charge in [0.05, 0.1) is 0 Å². The highest BCUT2D eigenvalue weighted by molar-refractivity contribution is 6.03. The largest absolute Gasteiger partial charge is 0.338 e. The number of rotatable bonds is 3. The van der Waals surface area contributed by atoms with E-state index in [2.05, 4.69) is 20.4 Å². The number of amides is 1. The van der Waals surface area contributed by atoms with Crippen LogP contribution < -0.4 is 5.32 Å². The molecule has 0 saturated carbocycles. The highest BCUT2D eigenvalue weighted by Crippen LogP contribution is 2.27. The molecule has 0 radical (unpaired) electrons. The second-order valence-electron chi connectivity index (χ2n) is 5.26. The van der Waals surface area contributed by atoms with E-state index in [1.54, 1.807) is 29.1 Å². The van der Waals surface area contributed by atoms with E-state index < -0.39 is 0 Å². The van der Waals surface area contributed by atoms with Crippen molar-refractivity contribution in [3.63, 3.8) is 0 Å². The molecule has 0 aliphatic rings. The minimum Gasteiger partial charge on any atom is -0.338 e. The molecule has 7 nitrogen and oxygen atoms in total. The van der Waals surface area contributed by atoms with Crippen LogP contribution in [0.1, 0.15) is 16.1 Å². The molecule has 1 aromatic carbocycles. The molecule has 0 spiro atoms. The monoisotopic (exact) mass is 319 g/mol. The summed E-state index contributed by atoms with van der Waals surface area (Å²) < 4.78 is 6.96. The van der Waals surface area contributed by atoms with E-state index in [9.17, 15) is 4.79 Å². The fourth-order valence-electron chi connectivity index (χ4n) is 2.42. The Kier molecular flexibility index (Phi) is 3.31. The number of hydrogen-bond acceptors (Lipinski definition) is 5. The molecule has 1 amide bonds. The Balaban J connectivity index is 1.61.